The van der Waals surface area contributed by atoms with Gasteiger partial charge in [-0.05, 0) is 30.7 Å². The third-order valence-electron chi connectivity index (χ3n) is 3.13. The topological polar surface area (TPSA) is 35.2 Å². The molecule has 2 rings (SSSR count). The molecule has 0 amide bonds. The fourth-order valence-corrected chi connectivity index (χ4v) is 2.11. The number of hydrogen-bond donors (Lipinski definition) is 1. The van der Waals surface area contributed by atoms with Crippen molar-refractivity contribution in [2.75, 3.05) is 6.61 Å². The van der Waals surface area contributed by atoms with Crippen LogP contribution in [0.5, 0.6) is 5.75 Å². The van der Waals surface area contributed by atoms with E-state index in [0.29, 0.717) is 23.5 Å². The lowest BCUT2D eigenvalue weighted by Crippen LogP contribution is -2.15. The van der Waals surface area contributed by atoms with Crippen LogP contribution in [0.1, 0.15) is 29.7 Å². The smallest absolute Gasteiger partial charge is 0.416 e. The molecule has 0 aliphatic rings. The van der Waals surface area contributed by atoms with Crippen molar-refractivity contribution in [1.82, 2.24) is 0 Å². The molecule has 0 aliphatic heterocycles. The number of halogens is 3. The zero-order valence-corrected chi connectivity index (χ0v) is 11.5. The predicted octanol–water partition coefficient (Wildman–Crippen LogP) is 4.15. The van der Waals surface area contributed by atoms with Crippen LogP contribution in [-0.2, 0) is 6.18 Å². The number of rotatable bonds is 4. The Labute approximate surface area is 121 Å². The van der Waals surface area contributed by atoms with Crippen LogP contribution in [0.3, 0.4) is 0 Å². The van der Waals surface area contributed by atoms with Gasteiger partial charge in [-0.25, -0.2) is 0 Å². The molecule has 5 heteroatoms. The van der Waals surface area contributed by atoms with Gasteiger partial charge in [0.25, 0.3) is 0 Å². The van der Waals surface area contributed by atoms with Crippen molar-refractivity contribution in [3.8, 4) is 5.75 Å². The summed E-state index contributed by atoms with van der Waals surface area (Å²) in [5, 5.41) is 0. The third kappa shape index (κ3) is 3.55. The zero-order chi connectivity index (χ0) is 15.5. The molecule has 2 aromatic carbocycles. The van der Waals surface area contributed by atoms with E-state index in [1.807, 2.05) is 6.92 Å². The van der Waals surface area contributed by atoms with Crippen LogP contribution in [0.2, 0.25) is 0 Å². The molecule has 2 N–H and O–H groups in total. The quantitative estimate of drug-likeness (QED) is 0.919. The molecule has 0 bridgehead atoms. The Bertz CT molecular complexity index is 610. The first-order chi connectivity index (χ1) is 9.93. The molecule has 0 fully saturated rings. The van der Waals surface area contributed by atoms with Gasteiger partial charge in [0.2, 0.25) is 0 Å². The largest absolute Gasteiger partial charge is 0.494 e. The molecule has 0 aliphatic carbocycles. The maximum atomic E-state index is 12.8. The molecule has 2 nitrogen and oxygen atoms in total. The van der Waals surface area contributed by atoms with Gasteiger partial charge in [0.15, 0.2) is 0 Å². The minimum Gasteiger partial charge on any atom is -0.494 e. The monoisotopic (exact) mass is 295 g/mol. The van der Waals surface area contributed by atoms with Gasteiger partial charge in [-0.1, -0.05) is 30.3 Å². The summed E-state index contributed by atoms with van der Waals surface area (Å²) in [5.41, 5.74) is 6.47. The second-order valence-corrected chi connectivity index (χ2v) is 4.57. The molecule has 0 aromatic heterocycles. The minimum atomic E-state index is -4.38. The number of hydrogen-bond acceptors (Lipinski definition) is 2. The van der Waals surface area contributed by atoms with Gasteiger partial charge < -0.3 is 10.5 Å². The fraction of sp³-hybridized carbons (Fsp3) is 0.250. The van der Waals surface area contributed by atoms with Crippen LogP contribution >= 0.6 is 0 Å². The summed E-state index contributed by atoms with van der Waals surface area (Å²) in [6, 6.07) is 11.5. The van der Waals surface area contributed by atoms with E-state index in [2.05, 4.69) is 0 Å². The van der Waals surface area contributed by atoms with Crippen molar-refractivity contribution in [3.05, 3.63) is 65.2 Å². The highest BCUT2D eigenvalue weighted by Crippen LogP contribution is 2.33. The first-order valence-corrected chi connectivity index (χ1v) is 6.58. The normalized spacial score (nSPS) is 13.0. The van der Waals surface area contributed by atoms with Crippen LogP contribution in [0.15, 0.2) is 48.5 Å². The van der Waals surface area contributed by atoms with Crippen LogP contribution in [0.25, 0.3) is 0 Å². The molecule has 1 atom stereocenters. The van der Waals surface area contributed by atoms with E-state index in [9.17, 15) is 13.2 Å². The van der Waals surface area contributed by atoms with Gasteiger partial charge in [-0.3, -0.25) is 0 Å². The Morgan fingerprint density at radius 3 is 2.48 bits per heavy atom. The predicted molar refractivity (Wildman–Crippen MR) is 75.1 cm³/mol. The Morgan fingerprint density at radius 2 is 1.81 bits per heavy atom. The molecule has 1 unspecified atom stereocenters. The molecular weight excluding hydrogens is 279 g/mol. The lowest BCUT2D eigenvalue weighted by atomic mass is 9.97. The summed E-state index contributed by atoms with van der Waals surface area (Å²) in [6.45, 7) is 2.30. The van der Waals surface area contributed by atoms with Crippen LogP contribution in [-0.4, -0.2) is 6.61 Å². The Morgan fingerprint density at radius 1 is 1.10 bits per heavy atom. The van der Waals surface area contributed by atoms with Gasteiger partial charge in [0.1, 0.15) is 5.75 Å². The van der Waals surface area contributed by atoms with E-state index in [4.69, 9.17) is 10.5 Å². The van der Waals surface area contributed by atoms with Crippen molar-refractivity contribution in [3.63, 3.8) is 0 Å². The van der Waals surface area contributed by atoms with E-state index in [0.717, 1.165) is 12.1 Å². The Hall–Kier alpha value is -2.01. The van der Waals surface area contributed by atoms with Crippen molar-refractivity contribution in [1.29, 1.82) is 0 Å². The van der Waals surface area contributed by atoms with Gasteiger partial charge in [-0.15, -0.1) is 0 Å². The first kappa shape index (κ1) is 15.4. The van der Waals surface area contributed by atoms with Crippen molar-refractivity contribution < 1.29 is 17.9 Å². The van der Waals surface area contributed by atoms with Gasteiger partial charge in [0.05, 0.1) is 18.2 Å². The lowest BCUT2D eigenvalue weighted by Gasteiger charge is -2.18. The van der Waals surface area contributed by atoms with E-state index < -0.39 is 17.8 Å². The Balaban J connectivity index is 2.38. The number of benzene rings is 2. The molecule has 0 spiro atoms. The minimum absolute atomic E-state index is 0.400. The van der Waals surface area contributed by atoms with Crippen molar-refractivity contribution in [2.45, 2.75) is 19.1 Å². The summed E-state index contributed by atoms with van der Waals surface area (Å²) in [4.78, 5) is 0. The van der Waals surface area contributed by atoms with Crippen LogP contribution < -0.4 is 10.5 Å². The van der Waals surface area contributed by atoms with Gasteiger partial charge in [-0.2, -0.15) is 13.2 Å². The molecule has 0 radical (unpaired) electrons. The summed E-state index contributed by atoms with van der Waals surface area (Å²) in [7, 11) is 0. The molecule has 0 saturated heterocycles. The number of nitrogens with two attached hydrogens (primary N) is 1. The zero-order valence-electron chi connectivity index (χ0n) is 11.5. The molecule has 0 saturated carbocycles. The van der Waals surface area contributed by atoms with E-state index in [1.165, 1.54) is 6.07 Å². The fourth-order valence-electron chi connectivity index (χ4n) is 2.11. The van der Waals surface area contributed by atoms with Gasteiger partial charge >= 0.3 is 6.18 Å². The number of ether oxygens (including phenoxy) is 1. The van der Waals surface area contributed by atoms with Crippen molar-refractivity contribution >= 4 is 0 Å². The molecule has 112 valence electrons. The second kappa shape index (κ2) is 6.18. The van der Waals surface area contributed by atoms with Crippen LogP contribution in [0, 0.1) is 0 Å². The van der Waals surface area contributed by atoms with E-state index >= 15 is 0 Å². The summed E-state index contributed by atoms with van der Waals surface area (Å²) >= 11 is 0. The van der Waals surface area contributed by atoms with E-state index in [1.54, 1.807) is 30.3 Å². The number of para-hydroxylation sites is 1. The second-order valence-electron chi connectivity index (χ2n) is 4.57. The average Bonchev–Trinajstić information content (AvgIpc) is 2.47. The SMILES string of the molecule is CCOc1ccccc1C(N)c1cccc(C(F)(F)F)c1. The maximum Gasteiger partial charge on any atom is 0.416 e. The highest BCUT2D eigenvalue weighted by molar-refractivity contribution is 5.42. The first-order valence-electron chi connectivity index (χ1n) is 6.58. The van der Waals surface area contributed by atoms with Crippen LogP contribution in [0.4, 0.5) is 13.2 Å². The molecule has 21 heavy (non-hydrogen) atoms. The highest BCUT2D eigenvalue weighted by atomic mass is 19.4. The number of alkyl halides is 3. The van der Waals surface area contributed by atoms with E-state index in [-0.39, 0.29) is 0 Å². The third-order valence-corrected chi connectivity index (χ3v) is 3.13. The molecule has 2 aromatic rings. The maximum absolute atomic E-state index is 12.8. The van der Waals surface area contributed by atoms with Crippen molar-refractivity contribution in [2.24, 2.45) is 5.73 Å². The average molecular weight is 295 g/mol. The Kier molecular flexibility index (Phi) is 4.53. The summed E-state index contributed by atoms with van der Waals surface area (Å²) < 4.78 is 43.8. The molecular formula is C16H16F3NO. The highest BCUT2D eigenvalue weighted by Gasteiger charge is 2.31. The molecule has 0 heterocycles. The lowest BCUT2D eigenvalue weighted by molar-refractivity contribution is -0.137. The standard InChI is InChI=1S/C16H16F3NO/c1-2-21-14-9-4-3-8-13(14)15(20)11-6-5-7-12(10-11)16(17,18)19/h3-10,15H,2,20H2,1H3. The van der Waals surface area contributed by atoms with Gasteiger partial charge in [0, 0.05) is 5.56 Å². The summed E-state index contributed by atoms with van der Waals surface area (Å²) in [6.07, 6.45) is -4.38. The summed E-state index contributed by atoms with van der Waals surface area (Å²) in [5.74, 6) is 0.588.